The molecule has 0 fully saturated rings. The van der Waals surface area contributed by atoms with Gasteiger partial charge in [-0.2, -0.15) is 12.6 Å². The molecule has 0 aromatic heterocycles. The van der Waals surface area contributed by atoms with Crippen molar-refractivity contribution in [1.29, 1.82) is 0 Å². The van der Waals surface area contributed by atoms with E-state index in [0.29, 0.717) is 0 Å². The monoisotopic (exact) mass is 80.0 g/mol. The molecule has 0 heterocycles. The Hall–Kier alpha value is 0.310. The predicted molar refractivity (Wildman–Crippen MR) is 20.9 cm³/mol. The van der Waals surface area contributed by atoms with Crippen LogP contribution in [-0.2, 0) is 0 Å². The van der Waals surface area contributed by atoms with Gasteiger partial charge in [-0.05, 0) is 0 Å². The quantitative estimate of drug-likeness (QED) is 0.422. The molecule has 0 rings (SSSR count). The largest absolute Gasteiger partial charge is 0.396 e. The maximum atomic E-state index is 8.08. The molecule has 0 saturated heterocycles. The number of hydrogen-bond donors (Lipinski definition) is 2. The Labute approximate surface area is 33.9 Å². The average Bonchev–Trinajstić information content (AvgIpc) is 1.35. The van der Waals surface area contributed by atoms with Gasteiger partial charge in [0.05, 0.1) is 9.30 Å². The van der Waals surface area contributed by atoms with Crippen LogP contribution >= 0.6 is 12.6 Å². The van der Waals surface area contributed by atoms with Crippen molar-refractivity contribution < 1.29 is 7.85 Å². The van der Waals surface area contributed by atoms with Gasteiger partial charge in [0.15, 0.2) is 0 Å². The summed E-state index contributed by atoms with van der Waals surface area (Å²) in [4.78, 5) is 0. The zero-order valence-electron chi connectivity index (χ0n) is 4.10. The molecule has 1 N–H and O–H groups in total. The minimum Gasteiger partial charge on any atom is -0.396 e. The molecule has 0 aromatic rings. The number of rotatable bonds is 1. The molecule has 0 atom stereocenters. The van der Waals surface area contributed by atoms with E-state index in [4.69, 9.17) is 7.85 Å². The molecule has 0 radical (unpaired) electrons. The fourth-order valence-corrected chi connectivity index (χ4v) is 0. The summed E-state index contributed by atoms with van der Waals surface area (Å²) in [5, 5.41) is 8.08. The van der Waals surface area contributed by atoms with Gasteiger partial charge in [0.25, 0.3) is 0 Å². The van der Waals surface area contributed by atoms with Gasteiger partial charge >= 0.3 is 0 Å². The van der Waals surface area contributed by atoms with Gasteiger partial charge in [0.2, 0.25) is 0 Å². The van der Waals surface area contributed by atoms with Gasteiger partial charge < -0.3 is 5.11 Å². The van der Waals surface area contributed by atoms with Crippen molar-refractivity contribution in [3.63, 3.8) is 0 Å². The van der Waals surface area contributed by atoms with Crippen LogP contribution in [0.4, 0.5) is 0 Å². The van der Waals surface area contributed by atoms with Gasteiger partial charge in [-0.15, -0.1) is 0 Å². The van der Waals surface area contributed by atoms with Crippen LogP contribution in [0.5, 0.6) is 0 Å². The Morgan fingerprint density at radius 2 is 2.50 bits per heavy atom. The minimum absolute atomic E-state index is 0.146. The Kier molecular flexibility index (Phi) is 1.39. The van der Waals surface area contributed by atoms with Gasteiger partial charge in [-0.25, -0.2) is 0 Å². The third-order valence-electron chi connectivity index (χ3n) is 0.0707. The highest BCUT2D eigenvalue weighted by Gasteiger charge is 1.57. The molecule has 0 unspecified atom stereocenters. The van der Waals surface area contributed by atoms with Crippen molar-refractivity contribution in [1.82, 2.24) is 0 Å². The predicted octanol–water partition coefficient (Wildman–Crippen LogP) is -0.0915. The van der Waals surface area contributed by atoms with Crippen molar-refractivity contribution in [2.45, 2.75) is 0 Å². The van der Waals surface area contributed by atoms with Crippen molar-refractivity contribution in [3.05, 3.63) is 0 Å². The lowest BCUT2D eigenvalue weighted by Gasteiger charge is -1.69. The first kappa shape index (κ1) is 1.67. The Balaban J connectivity index is 3.17. The first-order chi connectivity index (χ1) is 2.56. The zero-order chi connectivity index (χ0) is 5.21. The van der Waals surface area contributed by atoms with E-state index in [-0.39, 0.29) is 5.75 Å². The van der Waals surface area contributed by atoms with E-state index >= 15 is 0 Å². The Morgan fingerprint density at radius 1 is 2.25 bits per heavy atom. The molecule has 0 aromatic carbocycles. The lowest BCUT2D eigenvalue weighted by molar-refractivity contribution is 0.323. The standard InChI is InChI=1S/C2H6OS/c3-1-2-4/h3-4H,1-2H2/i1D2. The molecule has 0 aliphatic carbocycles. The first-order valence-corrected chi connectivity index (χ1v) is 1.53. The highest BCUT2D eigenvalue weighted by Crippen LogP contribution is 1.61. The summed E-state index contributed by atoms with van der Waals surface area (Å²) in [7, 11) is 0. The second-order valence-electron chi connectivity index (χ2n) is 0.316. The van der Waals surface area contributed by atoms with Crippen LogP contribution < -0.4 is 0 Å². The maximum absolute atomic E-state index is 8.08. The van der Waals surface area contributed by atoms with Crippen molar-refractivity contribution in [2.24, 2.45) is 0 Å². The molecule has 0 spiro atoms. The molecular formula is C2H6OS. The zero-order valence-corrected chi connectivity index (χ0v) is 3.00. The van der Waals surface area contributed by atoms with E-state index in [2.05, 4.69) is 12.6 Å². The fourth-order valence-electron chi connectivity index (χ4n) is 0. The molecule has 0 aliphatic rings. The molecular weight excluding hydrogens is 72.1 g/mol. The third-order valence-corrected chi connectivity index (χ3v) is 0.212. The van der Waals surface area contributed by atoms with E-state index < -0.39 is 6.56 Å². The number of thiol groups is 1. The van der Waals surface area contributed by atoms with E-state index in [1.54, 1.807) is 0 Å². The van der Waals surface area contributed by atoms with E-state index in [1.807, 2.05) is 0 Å². The summed E-state index contributed by atoms with van der Waals surface area (Å²) in [5.41, 5.74) is 0. The smallest absolute Gasteiger partial charge is 0.0572 e. The highest BCUT2D eigenvalue weighted by atomic mass is 32.1. The topological polar surface area (TPSA) is 20.2 Å². The minimum atomic E-state index is -2.09. The van der Waals surface area contributed by atoms with Crippen LogP contribution in [0.25, 0.3) is 0 Å². The van der Waals surface area contributed by atoms with Crippen LogP contribution in [0.3, 0.4) is 0 Å². The van der Waals surface area contributed by atoms with Crippen LogP contribution in [0.1, 0.15) is 2.74 Å². The van der Waals surface area contributed by atoms with Gasteiger partial charge in [0, 0.05) is 5.75 Å². The summed E-state index contributed by atoms with van der Waals surface area (Å²) in [6.07, 6.45) is 0. The fraction of sp³-hybridized carbons (Fsp3) is 1.00. The summed E-state index contributed by atoms with van der Waals surface area (Å²) in [6, 6.07) is 0. The van der Waals surface area contributed by atoms with E-state index in [9.17, 15) is 0 Å². The second-order valence-corrected chi connectivity index (χ2v) is 0.632. The first-order valence-electron chi connectivity index (χ1n) is 1.89. The van der Waals surface area contributed by atoms with E-state index in [1.165, 1.54) is 0 Å². The lowest BCUT2D eigenvalue weighted by Crippen LogP contribution is -1.76. The van der Waals surface area contributed by atoms with E-state index in [0.717, 1.165) is 0 Å². The average molecular weight is 80.1 g/mol. The Bertz CT molecular complexity index is 41.3. The molecule has 0 amide bonds. The van der Waals surface area contributed by atoms with Crippen LogP contribution in [0.2, 0.25) is 0 Å². The highest BCUT2D eigenvalue weighted by molar-refractivity contribution is 7.80. The van der Waals surface area contributed by atoms with Crippen LogP contribution in [0, 0.1) is 0 Å². The summed E-state index contributed by atoms with van der Waals surface area (Å²) >= 11 is 3.48. The van der Waals surface area contributed by atoms with Gasteiger partial charge in [-0.1, -0.05) is 0 Å². The molecule has 0 saturated carbocycles. The molecule has 1 nitrogen and oxygen atoms in total. The maximum Gasteiger partial charge on any atom is 0.0572 e. The summed E-state index contributed by atoms with van der Waals surface area (Å²) in [6.45, 7) is -2.09. The van der Waals surface area contributed by atoms with Crippen molar-refractivity contribution in [3.8, 4) is 0 Å². The molecule has 4 heavy (non-hydrogen) atoms. The third kappa shape index (κ3) is 2.31. The Morgan fingerprint density at radius 3 is 2.50 bits per heavy atom. The molecule has 0 aliphatic heterocycles. The molecule has 26 valence electrons. The molecule has 2 heteroatoms. The van der Waals surface area contributed by atoms with Crippen molar-refractivity contribution in [2.75, 3.05) is 12.3 Å². The summed E-state index contributed by atoms with van der Waals surface area (Å²) < 4.78 is 12.7. The number of aliphatic hydroxyl groups is 1. The lowest BCUT2D eigenvalue weighted by atomic mass is 10.9. The molecule has 0 bridgehead atoms. The number of hydrogen-bond acceptors (Lipinski definition) is 2. The van der Waals surface area contributed by atoms with Crippen LogP contribution in [-0.4, -0.2) is 17.4 Å². The van der Waals surface area contributed by atoms with Gasteiger partial charge in [0.1, 0.15) is 0 Å². The van der Waals surface area contributed by atoms with Gasteiger partial charge in [-0.3, -0.25) is 0 Å². The second kappa shape index (κ2) is 3.31. The van der Waals surface area contributed by atoms with Crippen LogP contribution in [0.15, 0.2) is 0 Å². The van der Waals surface area contributed by atoms with Crippen molar-refractivity contribution >= 4 is 12.6 Å². The summed E-state index contributed by atoms with van der Waals surface area (Å²) in [5.74, 6) is -0.146. The normalized spacial score (nSPS) is 18.5. The SMILES string of the molecule is [2H]C([2H])(O)CS.